The molecule has 0 aliphatic carbocycles. The van der Waals surface area contributed by atoms with E-state index in [-0.39, 0.29) is 0 Å². The summed E-state index contributed by atoms with van der Waals surface area (Å²) in [5, 5.41) is 8.14. The molecule has 2 nitrogen and oxygen atoms in total. The molecular formula is C28H19NO. The molecular weight excluding hydrogens is 366 g/mol. The molecule has 0 aliphatic rings. The van der Waals surface area contributed by atoms with Crippen LogP contribution in [0, 0.1) is 0 Å². The Morgan fingerprint density at radius 3 is 2.07 bits per heavy atom. The molecule has 30 heavy (non-hydrogen) atoms. The second-order valence-corrected chi connectivity index (χ2v) is 7.54. The Morgan fingerprint density at radius 1 is 0.500 bits per heavy atom. The summed E-state index contributed by atoms with van der Waals surface area (Å²) in [5.74, 6) is 0. The van der Waals surface area contributed by atoms with Crippen molar-refractivity contribution in [3.05, 3.63) is 109 Å². The highest BCUT2D eigenvalue weighted by Gasteiger charge is 2.10. The van der Waals surface area contributed by atoms with Crippen LogP contribution in [0.3, 0.4) is 0 Å². The van der Waals surface area contributed by atoms with Gasteiger partial charge in [0.1, 0.15) is 11.2 Å². The van der Waals surface area contributed by atoms with Gasteiger partial charge in [-0.2, -0.15) is 0 Å². The predicted octanol–water partition coefficient (Wildman–Crippen LogP) is 8.15. The fourth-order valence-electron chi connectivity index (χ4n) is 4.13. The van der Waals surface area contributed by atoms with E-state index in [2.05, 4.69) is 108 Å². The van der Waals surface area contributed by atoms with E-state index in [9.17, 15) is 0 Å². The van der Waals surface area contributed by atoms with Gasteiger partial charge >= 0.3 is 0 Å². The zero-order valence-corrected chi connectivity index (χ0v) is 16.3. The van der Waals surface area contributed by atoms with Crippen molar-refractivity contribution >= 4 is 44.1 Å². The number of furan rings is 1. The molecule has 1 heterocycles. The summed E-state index contributed by atoms with van der Waals surface area (Å²) in [7, 11) is 0. The van der Waals surface area contributed by atoms with E-state index < -0.39 is 0 Å². The average Bonchev–Trinajstić information content (AvgIpc) is 3.18. The zero-order chi connectivity index (χ0) is 19.9. The van der Waals surface area contributed by atoms with Gasteiger partial charge in [-0.1, -0.05) is 72.8 Å². The number of nitrogens with one attached hydrogen (secondary N) is 1. The fourth-order valence-corrected chi connectivity index (χ4v) is 4.13. The third-order valence-corrected chi connectivity index (χ3v) is 5.64. The minimum Gasteiger partial charge on any atom is -0.455 e. The van der Waals surface area contributed by atoms with Crippen LogP contribution in [0.2, 0.25) is 0 Å². The summed E-state index contributed by atoms with van der Waals surface area (Å²) in [4.78, 5) is 0. The van der Waals surface area contributed by atoms with Gasteiger partial charge in [0, 0.05) is 33.6 Å². The molecule has 6 rings (SSSR count). The van der Waals surface area contributed by atoms with Crippen molar-refractivity contribution in [3.63, 3.8) is 0 Å². The number of anilines is 2. The molecule has 0 aliphatic heterocycles. The van der Waals surface area contributed by atoms with E-state index in [4.69, 9.17) is 4.42 Å². The van der Waals surface area contributed by atoms with Gasteiger partial charge in [-0.3, -0.25) is 0 Å². The number of rotatable bonds is 3. The van der Waals surface area contributed by atoms with Gasteiger partial charge in [-0.25, -0.2) is 0 Å². The van der Waals surface area contributed by atoms with Crippen molar-refractivity contribution in [3.8, 4) is 11.1 Å². The normalized spacial score (nSPS) is 11.3. The lowest BCUT2D eigenvalue weighted by atomic mass is 10.1. The molecule has 0 saturated carbocycles. The number of hydrogen-bond donors (Lipinski definition) is 1. The smallest absolute Gasteiger partial charge is 0.143 e. The average molecular weight is 385 g/mol. The Bertz CT molecular complexity index is 1490. The molecule has 0 atom stereocenters. The highest BCUT2D eigenvalue weighted by Crippen LogP contribution is 2.35. The Kier molecular flexibility index (Phi) is 3.82. The molecule has 0 spiro atoms. The molecule has 6 aromatic rings. The van der Waals surface area contributed by atoms with Crippen LogP contribution in [0.15, 0.2) is 114 Å². The molecule has 1 N–H and O–H groups in total. The van der Waals surface area contributed by atoms with Crippen LogP contribution in [0.25, 0.3) is 43.8 Å². The van der Waals surface area contributed by atoms with Gasteiger partial charge in [-0.15, -0.1) is 0 Å². The molecule has 0 bridgehead atoms. The van der Waals surface area contributed by atoms with Gasteiger partial charge < -0.3 is 9.73 Å². The lowest BCUT2D eigenvalue weighted by molar-refractivity contribution is 0.673. The first-order valence-corrected chi connectivity index (χ1v) is 10.1. The maximum absolute atomic E-state index is 6.28. The number of benzene rings is 5. The topological polar surface area (TPSA) is 25.2 Å². The van der Waals surface area contributed by atoms with Crippen molar-refractivity contribution in [2.24, 2.45) is 0 Å². The summed E-state index contributed by atoms with van der Waals surface area (Å²) >= 11 is 0. The van der Waals surface area contributed by atoms with Crippen molar-refractivity contribution in [1.82, 2.24) is 0 Å². The van der Waals surface area contributed by atoms with Crippen LogP contribution in [0.1, 0.15) is 0 Å². The fraction of sp³-hybridized carbons (Fsp3) is 0. The van der Waals surface area contributed by atoms with Crippen molar-refractivity contribution < 1.29 is 4.42 Å². The lowest BCUT2D eigenvalue weighted by Crippen LogP contribution is -1.89. The molecule has 5 aromatic carbocycles. The van der Waals surface area contributed by atoms with Gasteiger partial charge in [0.2, 0.25) is 0 Å². The first-order valence-electron chi connectivity index (χ1n) is 10.1. The van der Waals surface area contributed by atoms with Gasteiger partial charge in [0.25, 0.3) is 0 Å². The standard InChI is InChI=1S/C28H19NO/c1-2-6-19(7-3-1)20-10-13-22(14-11-20)29-23-15-17-25-26-16-12-21-8-4-5-9-24(21)28(26)30-27(25)18-23/h1-18,29H. The van der Waals surface area contributed by atoms with E-state index in [0.29, 0.717) is 0 Å². The minimum absolute atomic E-state index is 0.896. The van der Waals surface area contributed by atoms with Gasteiger partial charge in [0.15, 0.2) is 0 Å². The Morgan fingerprint density at radius 2 is 1.20 bits per heavy atom. The summed E-state index contributed by atoms with van der Waals surface area (Å²) in [5.41, 5.74) is 6.34. The van der Waals surface area contributed by atoms with Crippen LogP contribution in [0.4, 0.5) is 11.4 Å². The van der Waals surface area contributed by atoms with Crippen LogP contribution in [-0.2, 0) is 0 Å². The molecule has 142 valence electrons. The van der Waals surface area contributed by atoms with Gasteiger partial charge in [0.05, 0.1) is 0 Å². The van der Waals surface area contributed by atoms with Crippen molar-refractivity contribution in [1.29, 1.82) is 0 Å². The first-order chi connectivity index (χ1) is 14.8. The van der Waals surface area contributed by atoms with Crippen LogP contribution in [-0.4, -0.2) is 0 Å². The molecule has 0 fully saturated rings. The molecule has 1 aromatic heterocycles. The Hall–Kier alpha value is -4.04. The van der Waals surface area contributed by atoms with Crippen LogP contribution < -0.4 is 5.32 Å². The van der Waals surface area contributed by atoms with E-state index in [1.54, 1.807) is 0 Å². The third kappa shape index (κ3) is 2.82. The summed E-state index contributed by atoms with van der Waals surface area (Å²) in [6, 6.07) is 37.9. The van der Waals surface area contributed by atoms with Gasteiger partial charge in [-0.05, 0) is 46.8 Å². The largest absolute Gasteiger partial charge is 0.455 e. The molecule has 0 radical (unpaired) electrons. The second kappa shape index (κ2) is 6.78. The second-order valence-electron chi connectivity index (χ2n) is 7.54. The quantitative estimate of drug-likeness (QED) is 0.332. The molecule has 0 amide bonds. The van der Waals surface area contributed by atoms with Crippen LogP contribution >= 0.6 is 0 Å². The van der Waals surface area contributed by atoms with Crippen molar-refractivity contribution in [2.75, 3.05) is 5.32 Å². The maximum Gasteiger partial charge on any atom is 0.143 e. The molecule has 0 saturated heterocycles. The van der Waals surface area contributed by atoms with E-state index in [0.717, 1.165) is 38.7 Å². The maximum atomic E-state index is 6.28. The lowest BCUT2D eigenvalue weighted by Gasteiger charge is -2.08. The SMILES string of the molecule is c1ccc(-c2ccc(Nc3ccc4c(c3)oc3c5ccccc5ccc43)cc2)cc1. The third-order valence-electron chi connectivity index (χ3n) is 5.64. The summed E-state index contributed by atoms with van der Waals surface area (Å²) in [6.07, 6.45) is 0. The van der Waals surface area contributed by atoms with Crippen LogP contribution in [0.5, 0.6) is 0 Å². The zero-order valence-electron chi connectivity index (χ0n) is 16.3. The highest BCUT2D eigenvalue weighted by molar-refractivity contribution is 6.15. The van der Waals surface area contributed by atoms with E-state index >= 15 is 0 Å². The van der Waals surface area contributed by atoms with Crippen molar-refractivity contribution in [2.45, 2.75) is 0 Å². The minimum atomic E-state index is 0.896. The predicted molar refractivity (Wildman–Crippen MR) is 126 cm³/mol. The first kappa shape index (κ1) is 16.9. The van der Waals surface area contributed by atoms with E-state index in [1.807, 2.05) is 6.07 Å². The molecule has 2 heteroatoms. The monoisotopic (exact) mass is 385 g/mol. The van der Waals surface area contributed by atoms with E-state index in [1.165, 1.54) is 16.5 Å². The number of fused-ring (bicyclic) bond motifs is 5. The number of hydrogen-bond acceptors (Lipinski definition) is 2. The Balaban J connectivity index is 1.36. The summed E-state index contributed by atoms with van der Waals surface area (Å²) in [6.45, 7) is 0. The highest BCUT2D eigenvalue weighted by atomic mass is 16.3. The Labute approximate surface area is 174 Å². The summed E-state index contributed by atoms with van der Waals surface area (Å²) < 4.78 is 6.28. The molecule has 0 unspecified atom stereocenters.